The van der Waals surface area contributed by atoms with Gasteiger partial charge >= 0.3 is 0 Å². The Kier molecular flexibility index (Phi) is 2.88. The fourth-order valence-electron chi connectivity index (χ4n) is 1.89. The van der Waals surface area contributed by atoms with Gasteiger partial charge in [-0.15, -0.1) is 11.3 Å². The fourth-order valence-corrected chi connectivity index (χ4v) is 3.08. The Morgan fingerprint density at radius 1 is 1.50 bits per heavy atom. The first-order valence-electron chi connectivity index (χ1n) is 5.36. The predicted molar refractivity (Wildman–Crippen MR) is 61.1 cm³/mol. The SMILES string of the molecule is CNC1CCc2nc(C(C)C)sc2C1. The summed E-state index contributed by atoms with van der Waals surface area (Å²) in [5.74, 6) is 0.582. The molecule has 1 aromatic rings. The fraction of sp³-hybridized carbons (Fsp3) is 0.727. The first-order valence-corrected chi connectivity index (χ1v) is 6.18. The molecule has 1 aliphatic rings. The summed E-state index contributed by atoms with van der Waals surface area (Å²) in [4.78, 5) is 6.22. The molecule has 1 atom stereocenters. The summed E-state index contributed by atoms with van der Waals surface area (Å²) in [5, 5.41) is 4.67. The van der Waals surface area contributed by atoms with Crippen molar-refractivity contribution in [2.75, 3.05) is 7.05 Å². The van der Waals surface area contributed by atoms with Crippen molar-refractivity contribution in [1.29, 1.82) is 0 Å². The zero-order valence-electron chi connectivity index (χ0n) is 9.13. The van der Waals surface area contributed by atoms with Gasteiger partial charge in [0.2, 0.25) is 0 Å². The summed E-state index contributed by atoms with van der Waals surface area (Å²) in [6.07, 6.45) is 3.57. The summed E-state index contributed by atoms with van der Waals surface area (Å²) >= 11 is 1.91. The summed E-state index contributed by atoms with van der Waals surface area (Å²) in [6, 6.07) is 0.669. The quantitative estimate of drug-likeness (QED) is 0.810. The highest BCUT2D eigenvalue weighted by Gasteiger charge is 2.21. The molecule has 2 rings (SSSR count). The average Bonchev–Trinajstić information content (AvgIpc) is 2.59. The smallest absolute Gasteiger partial charge is 0.0956 e. The molecular formula is C11H18N2S. The van der Waals surface area contributed by atoms with Gasteiger partial charge in [-0.25, -0.2) is 4.98 Å². The highest BCUT2D eigenvalue weighted by molar-refractivity contribution is 7.11. The summed E-state index contributed by atoms with van der Waals surface area (Å²) < 4.78 is 0. The molecule has 0 saturated heterocycles. The van der Waals surface area contributed by atoms with Crippen LogP contribution in [0.3, 0.4) is 0 Å². The number of hydrogen-bond donors (Lipinski definition) is 1. The third-order valence-electron chi connectivity index (χ3n) is 2.86. The van der Waals surface area contributed by atoms with Crippen LogP contribution in [0.15, 0.2) is 0 Å². The Hall–Kier alpha value is -0.410. The lowest BCUT2D eigenvalue weighted by molar-refractivity contribution is 0.496. The Balaban J connectivity index is 2.21. The Morgan fingerprint density at radius 3 is 2.93 bits per heavy atom. The van der Waals surface area contributed by atoms with E-state index in [2.05, 4.69) is 26.2 Å². The highest BCUT2D eigenvalue weighted by atomic mass is 32.1. The van der Waals surface area contributed by atoms with E-state index in [1.165, 1.54) is 28.4 Å². The van der Waals surface area contributed by atoms with E-state index in [9.17, 15) is 0 Å². The van der Waals surface area contributed by atoms with Crippen LogP contribution in [-0.4, -0.2) is 18.1 Å². The molecule has 1 aliphatic carbocycles. The minimum atomic E-state index is 0.582. The monoisotopic (exact) mass is 210 g/mol. The number of thiazole rings is 1. The van der Waals surface area contributed by atoms with Gasteiger partial charge in [-0.3, -0.25) is 0 Å². The molecule has 0 spiro atoms. The Labute approximate surface area is 89.8 Å². The largest absolute Gasteiger partial charge is 0.317 e. The second kappa shape index (κ2) is 3.99. The van der Waals surface area contributed by atoms with E-state index in [-0.39, 0.29) is 0 Å². The number of likely N-dealkylation sites (N-methyl/N-ethyl adjacent to an activating group) is 1. The van der Waals surface area contributed by atoms with Gasteiger partial charge in [0.15, 0.2) is 0 Å². The number of nitrogens with one attached hydrogen (secondary N) is 1. The van der Waals surface area contributed by atoms with Crippen LogP contribution in [0.25, 0.3) is 0 Å². The van der Waals surface area contributed by atoms with Crippen molar-refractivity contribution in [3.63, 3.8) is 0 Å². The molecule has 0 bridgehead atoms. The Bertz CT molecular complexity index is 317. The van der Waals surface area contributed by atoms with Gasteiger partial charge < -0.3 is 5.32 Å². The predicted octanol–water partition coefficient (Wildman–Crippen LogP) is 2.34. The topological polar surface area (TPSA) is 24.9 Å². The van der Waals surface area contributed by atoms with Crippen molar-refractivity contribution in [2.24, 2.45) is 0 Å². The van der Waals surface area contributed by atoms with Gasteiger partial charge in [0, 0.05) is 16.8 Å². The lowest BCUT2D eigenvalue weighted by Gasteiger charge is -2.19. The van der Waals surface area contributed by atoms with Crippen molar-refractivity contribution >= 4 is 11.3 Å². The van der Waals surface area contributed by atoms with Crippen LogP contribution in [0.1, 0.15) is 41.8 Å². The molecule has 0 aromatic carbocycles. The van der Waals surface area contributed by atoms with E-state index in [4.69, 9.17) is 4.98 Å². The molecule has 1 heterocycles. The molecule has 3 heteroatoms. The van der Waals surface area contributed by atoms with Gasteiger partial charge in [-0.2, -0.15) is 0 Å². The lowest BCUT2D eigenvalue weighted by Crippen LogP contribution is -2.30. The first kappa shape index (κ1) is 10.1. The zero-order chi connectivity index (χ0) is 10.1. The van der Waals surface area contributed by atoms with Gasteiger partial charge in [0.05, 0.1) is 10.7 Å². The van der Waals surface area contributed by atoms with Crippen LogP contribution in [0.5, 0.6) is 0 Å². The number of hydrogen-bond acceptors (Lipinski definition) is 3. The van der Waals surface area contributed by atoms with Crippen LogP contribution in [0, 0.1) is 0 Å². The second-order valence-electron chi connectivity index (χ2n) is 4.31. The van der Waals surface area contributed by atoms with Gasteiger partial charge in [0.1, 0.15) is 0 Å². The number of nitrogens with zero attached hydrogens (tertiary/aromatic N) is 1. The number of aryl methyl sites for hydroxylation is 1. The minimum absolute atomic E-state index is 0.582. The molecule has 0 fully saturated rings. The first-order chi connectivity index (χ1) is 6.70. The third kappa shape index (κ3) is 1.84. The standard InChI is InChI=1S/C11H18N2S/c1-7(2)11-13-9-5-4-8(12-3)6-10(9)14-11/h7-8,12H,4-6H2,1-3H3. The van der Waals surface area contributed by atoms with E-state index in [1.807, 2.05) is 11.3 Å². The van der Waals surface area contributed by atoms with E-state index < -0.39 is 0 Å². The van der Waals surface area contributed by atoms with Crippen LogP contribution in [0.4, 0.5) is 0 Å². The van der Waals surface area contributed by atoms with Crippen molar-refractivity contribution in [3.05, 3.63) is 15.6 Å². The maximum atomic E-state index is 4.71. The van der Waals surface area contributed by atoms with Crippen molar-refractivity contribution < 1.29 is 0 Å². The molecule has 0 amide bonds. The van der Waals surface area contributed by atoms with E-state index in [0.29, 0.717) is 12.0 Å². The van der Waals surface area contributed by atoms with E-state index >= 15 is 0 Å². The maximum absolute atomic E-state index is 4.71. The molecule has 0 aliphatic heterocycles. The molecule has 1 unspecified atom stereocenters. The number of fused-ring (bicyclic) bond motifs is 1. The van der Waals surface area contributed by atoms with Gasteiger partial charge in [-0.1, -0.05) is 13.8 Å². The van der Waals surface area contributed by atoms with Crippen LogP contribution in [0.2, 0.25) is 0 Å². The third-order valence-corrected chi connectivity index (χ3v) is 4.28. The summed E-state index contributed by atoms with van der Waals surface area (Å²) in [6.45, 7) is 4.44. The molecule has 1 aromatic heterocycles. The molecule has 78 valence electrons. The Morgan fingerprint density at radius 2 is 2.29 bits per heavy atom. The van der Waals surface area contributed by atoms with Crippen LogP contribution in [-0.2, 0) is 12.8 Å². The van der Waals surface area contributed by atoms with Crippen molar-refractivity contribution in [2.45, 2.75) is 45.1 Å². The molecular weight excluding hydrogens is 192 g/mol. The molecule has 2 nitrogen and oxygen atoms in total. The second-order valence-corrected chi connectivity index (χ2v) is 5.42. The number of aromatic nitrogens is 1. The lowest BCUT2D eigenvalue weighted by atomic mass is 9.98. The van der Waals surface area contributed by atoms with Crippen molar-refractivity contribution in [3.8, 4) is 0 Å². The summed E-state index contributed by atoms with van der Waals surface area (Å²) in [7, 11) is 2.06. The number of rotatable bonds is 2. The van der Waals surface area contributed by atoms with Gasteiger partial charge in [-0.05, 0) is 26.3 Å². The zero-order valence-corrected chi connectivity index (χ0v) is 9.95. The van der Waals surface area contributed by atoms with Gasteiger partial charge in [0.25, 0.3) is 0 Å². The van der Waals surface area contributed by atoms with E-state index in [0.717, 1.165) is 6.42 Å². The normalized spacial score (nSPS) is 21.3. The average molecular weight is 210 g/mol. The molecule has 0 radical (unpaired) electrons. The summed E-state index contributed by atoms with van der Waals surface area (Å²) in [5.41, 5.74) is 1.37. The van der Waals surface area contributed by atoms with E-state index in [1.54, 1.807) is 0 Å². The molecule has 1 N–H and O–H groups in total. The molecule has 0 saturated carbocycles. The highest BCUT2D eigenvalue weighted by Crippen LogP contribution is 2.30. The molecule has 14 heavy (non-hydrogen) atoms. The maximum Gasteiger partial charge on any atom is 0.0956 e. The minimum Gasteiger partial charge on any atom is -0.317 e. The van der Waals surface area contributed by atoms with Crippen LogP contribution >= 0.6 is 11.3 Å². The van der Waals surface area contributed by atoms with Crippen LogP contribution < -0.4 is 5.32 Å². The van der Waals surface area contributed by atoms with Crippen molar-refractivity contribution in [1.82, 2.24) is 10.3 Å².